The van der Waals surface area contributed by atoms with Crippen LogP contribution in [-0.4, -0.2) is 35.6 Å². The molecule has 1 amide bonds. The number of ether oxygens (including phenoxy) is 1. The van der Waals surface area contributed by atoms with Crippen LogP contribution in [0.2, 0.25) is 0 Å². The van der Waals surface area contributed by atoms with E-state index in [9.17, 15) is 4.79 Å². The van der Waals surface area contributed by atoms with E-state index >= 15 is 0 Å². The van der Waals surface area contributed by atoms with Gasteiger partial charge in [-0.25, -0.2) is 0 Å². The minimum Gasteiger partial charge on any atom is -0.374 e. The van der Waals surface area contributed by atoms with Crippen molar-refractivity contribution in [1.29, 1.82) is 0 Å². The van der Waals surface area contributed by atoms with Crippen LogP contribution in [0, 0.1) is 13.8 Å². The Morgan fingerprint density at radius 2 is 2.00 bits per heavy atom. The Labute approximate surface area is 115 Å². The Bertz CT molecular complexity index is 494. The normalized spacial score (nSPS) is 22.4. The summed E-state index contributed by atoms with van der Waals surface area (Å²) in [5, 5.41) is 0. The fraction of sp³-hybridized carbons (Fsp3) is 0.562. The molecule has 1 aliphatic rings. The second-order valence-corrected chi connectivity index (χ2v) is 6.15. The largest absolute Gasteiger partial charge is 0.374 e. The van der Waals surface area contributed by atoms with Gasteiger partial charge in [0.05, 0.1) is 18.2 Å². The number of hydrogen-bond donors (Lipinski definition) is 0. The molecule has 1 aliphatic heterocycles. The van der Waals surface area contributed by atoms with Gasteiger partial charge in [-0.3, -0.25) is 4.79 Å². The molecule has 0 N–H and O–H groups in total. The zero-order chi connectivity index (χ0) is 14.2. The molecule has 1 aromatic carbocycles. The highest BCUT2D eigenvalue weighted by atomic mass is 16.5. The topological polar surface area (TPSA) is 29.5 Å². The second kappa shape index (κ2) is 4.97. The molecule has 1 atom stereocenters. The lowest BCUT2D eigenvalue weighted by atomic mass is 9.98. The molecule has 3 heteroatoms. The zero-order valence-electron chi connectivity index (χ0n) is 12.5. The Balaban J connectivity index is 2.29. The Hall–Kier alpha value is -1.35. The third kappa shape index (κ3) is 2.81. The van der Waals surface area contributed by atoms with Gasteiger partial charge in [-0.2, -0.15) is 0 Å². The van der Waals surface area contributed by atoms with E-state index in [4.69, 9.17) is 4.74 Å². The molecule has 0 bridgehead atoms. The van der Waals surface area contributed by atoms with Crippen molar-refractivity contribution in [3.8, 4) is 0 Å². The minimum atomic E-state index is -0.248. The average molecular weight is 261 g/mol. The molecule has 2 rings (SSSR count). The molecule has 0 radical (unpaired) electrons. The summed E-state index contributed by atoms with van der Waals surface area (Å²) in [4.78, 5) is 14.6. The van der Waals surface area contributed by atoms with Gasteiger partial charge in [0.2, 0.25) is 0 Å². The number of hydrogen-bond acceptors (Lipinski definition) is 2. The van der Waals surface area contributed by atoms with Crippen LogP contribution in [0.4, 0.5) is 0 Å². The van der Waals surface area contributed by atoms with Gasteiger partial charge in [0.25, 0.3) is 5.91 Å². The first-order valence-electron chi connectivity index (χ1n) is 6.82. The Kier molecular flexibility index (Phi) is 3.68. The van der Waals surface area contributed by atoms with Gasteiger partial charge < -0.3 is 9.64 Å². The molecule has 1 saturated heterocycles. The maximum Gasteiger partial charge on any atom is 0.254 e. The molecule has 0 aromatic heterocycles. The van der Waals surface area contributed by atoms with Gasteiger partial charge in [0.1, 0.15) is 0 Å². The molecule has 1 aromatic rings. The zero-order valence-corrected chi connectivity index (χ0v) is 12.5. The van der Waals surface area contributed by atoms with Gasteiger partial charge in [-0.15, -0.1) is 0 Å². The molecule has 1 fully saturated rings. The lowest BCUT2D eigenvalue weighted by Gasteiger charge is -2.44. The van der Waals surface area contributed by atoms with Gasteiger partial charge in [-0.05, 0) is 57.9 Å². The lowest BCUT2D eigenvalue weighted by Crippen LogP contribution is -2.57. The van der Waals surface area contributed by atoms with Crippen LogP contribution < -0.4 is 0 Å². The maximum absolute atomic E-state index is 12.7. The average Bonchev–Trinajstić information content (AvgIpc) is 2.35. The van der Waals surface area contributed by atoms with Gasteiger partial charge >= 0.3 is 0 Å². The fourth-order valence-electron chi connectivity index (χ4n) is 2.37. The van der Waals surface area contributed by atoms with Crippen molar-refractivity contribution in [2.24, 2.45) is 0 Å². The highest BCUT2D eigenvalue weighted by molar-refractivity contribution is 5.95. The van der Waals surface area contributed by atoms with Gasteiger partial charge in [0.15, 0.2) is 0 Å². The van der Waals surface area contributed by atoms with Crippen molar-refractivity contribution in [2.45, 2.75) is 46.3 Å². The van der Waals surface area contributed by atoms with Gasteiger partial charge in [0, 0.05) is 12.1 Å². The standard InChI is InChI=1S/C16H23NO2/c1-11-6-7-14(8-12(11)2)15(18)17-9-13(3)19-10-16(17,4)5/h6-8,13H,9-10H2,1-5H3/t13-/m1/s1. The molecule has 1 heterocycles. The smallest absolute Gasteiger partial charge is 0.254 e. The van der Waals surface area contributed by atoms with E-state index in [0.29, 0.717) is 13.2 Å². The minimum absolute atomic E-state index is 0.100. The number of rotatable bonds is 1. The first-order valence-corrected chi connectivity index (χ1v) is 6.82. The molecule has 19 heavy (non-hydrogen) atoms. The van der Waals surface area contributed by atoms with Crippen molar-refractivity contribution < 1.29 is 9.53 Å². The highest BCUT2D eigenvalue weighted by Crippen LogP contribution is 2.24. The van der Waals surface area contributed by atoms with Crippen molar-refractivity contribution in [3.05, 3.63) is 34.9 Å². The summed E-state index contributed by atoms with van der Waals surface area (Å²) in [5.41, 5.74) is 2.89. The molecule has 104 valence electrons. The quantitative estimate of drug-likeness (QED) is 0.778. The van der Waals surface area contributed by atoms with E-state index in [0.717, 1.165) is 11.1 Å². The molecule has 0 saturated carbocycles. The van der Waals surface area contributed by atoms with Crippen molar-refractivity contribution in [1.82, 2.24) is 4.90 Å². The van der Waals surface area contributed by atoms with Crippen LogP contribution in [0.15, 0.2) is 18.2 Å². The van der Waals surface area contributed by atoms with Gasteiger partial charge in [-0.1, -0.05) is 6.07 Å². The number of carbonyl (C=O) groups excluding carboxylic acids is 1. The Morgan fingerprint density at radius 3 is 2.63 bits per heavy atom. The molecule has 0 aliphatic carbocycles. The Morgan fingerprint density at radius 1 is 1.32 bits per heavy atom. The van der Waals surface area contributed by atoms with Crippen LogP contribution in [0.1, 0.15) is 42.3 Å². The third-order valence-electron chi connectivity index (χ3n) is 3.89. The van der Waals surface area contributed by atoms with Crippen molar-refractivity contribution >= 4 is 5.91 Å². The number of amides is 1. The monoisotopic (exact) mass is 261 g/mol. The summed E-state index contributed by atoms with van der Waals surface area (Å²) in [6.45, 7) is 11.5. The van der Waals surface area contributed by atoms with E-state index in [1.807, 2.05) is 36.9 Å². The van der Waals surface area contributed by atoms with E-state index < -0.39 is 0 Å². The lowest BCUT2D eigenvalue weighted by molar-refractivity contribution is -0.0755. The van der Waals surface area contributed by atoms with Crippen LogP contribution >= 0.6 is 0 Å². The number of nitrogens with zero attached hydrogens (tertiary/aromatic N) is 1. The highest BCUT2D eigenvalue weighted by Gasteiger charge is 2.37. The number of morpholine rings is 1. The third-order valence-corrected chi connectivity index (χ3v) is 3.89. The number of benzene rings is 1. The molecule has 0 spiro atoms. The van der Waals surface area contributed by atoms with E-state index in [1.165, 1.54) is 5.56 Å². The number of aryl methyl sites for hydroxylation is 2. The first kappa shape index (κ1) is 14.1. The van der Waals surface area contributed by atoms with Crippen LogP contribution in [0.3, 0.4) is 0 Å². The van der Waals surface area contributed by atoms with Crippen molar-refractivity contribution in [2.75, 3.05) is 13.2 Å². The molecule has 0 unspecified atom stereocenters. The van der Waals surface area contributed by atoms with Crippen LogP contribution in [0.5, 0.6) is 0 Å². The first-order chi connectivity index (χ1) is 8.81. The SMILES string of the molecule is Cc1ccc(C(=O)N2C[C@@H](C)OCC2(C)C)cc1C. The van der Waals surface area contributed by atoms with E-state index in [-0.39, 0.29) is 17.6 Å². The second-order valence-electron chi connectivity index (χ2n) is 6.15. The predicted octanol–water partition coefficient (Wildman–Crippen LogP) is 2.94. The fourth-order valence-corrected chi connectivity index (χ4v) is 2.37. The summed E-state index contributed by atoms with van der Waals surface area (Å²) in [6.07, 6.45) is 0.100. The summed E-state index contributed by atoms with van der Waals surface area (Å²) in [7, 11) is 0. The van der Waals surface area contributed by atoms with Crippen LogP contribution in [-0.2, 0) is 4.74 Å². The van der Waals surface area contributed by atoms with E-state index in [2.05, 4.69) is 20.8 Å². The summed E-state index contributed by atoms with van der Waals surface area (Å²) < 4.78 is 5.66. The molecular weight excluding hydrogens is 238 g/mol. The van der Waals surface area contributed by atoms with Crippen LogP contribution in [0.25, 0.3) is 0 Å². The maximum atomic E-state index is 12.7. The summed E-state index contributed by atoms with van der Waals surface area (Å²) >= 11 is 0. The summed E-state index contributed by atoms with van der Waals surface area (Å²) in [5.74, 6) is 0.100. The molecular formula is C16H23NO2. The summed E-state index contributed by atoms with van der Waals surface area (Å²) in [6, 6.07) is 5.91. The number of carbonyl (C=O) groups is 1. The predicted molar refractivity (Wildman–Crippen MR) is 76.4 cm³/mol. The van der Waals surface area contributed by atoms with Crippen molar-refractivity contribution in [3.63, 3.8) is 0 Å². The molecule has 3 nitrogen and oxygen atoms in total. The van der Waals surface area contributed by atoms with E-state index in [1.54, 1.807) is 0 Å².